The molecule has 14 aromatic rings. The van der Waals surface area contributed by atoms with E-state index in [0.717, 1.165) is 50.3 Å². The number of para-hydroxylation sites is 2. The molecule has 103 heavy (non-hydrogen) atoms. The lowest BCUT2D eigenvalue weighted by atomic mass is 9.70. The van der Waals surface area contributed by atoms with Crippen LogP contribution in [0.2, 0.25) is 0 Å². The van der Waals surface area contributed by atoms with Crippen LogP contribution >= 0.6 is 0 Å². The van der Waals surface area contributed by atoms with Crippen LogP contribution in [0.25, 0.3) is 122 Å². The van der Waals surface area contributed by atoms with E-state index in [4.69, 9.17) is 8.83 Å². The van der Waals surface area contributed by atoms with Gasteiger partial charge in [-0.3, -0.25) is 0 Å². The molecule has 2 heterocycles. The molecule has 0 fully saturated rings. The number of hydrogen-bond acceptors (Lipinski definition) is 3. The van der Waals surface area contributed by atoms with Gasteiger partial charge in [0.05, 0.1) is 0 Å². The van der Waals surface area contributed by atoms with Crippen LogP contribution in [0.3, 0.4) is 0 Å². The van der Waals surface area contributed by atoms with Crippen molar-refractivity contribution in [3.05, 3.63) is 280 Å². The van der Waals surface area contributed by atoms with Gasteiger partial charge in [-0.05, 0) is 239 Å². The van der Waals surface area contributed by atoms with E-state index in [9.17, 15) is 0 Å². The monoisotopic (exact) mass is 1340 g/mol. The van der Waals surface area contributed by atoms with Gasteiger partial charge >= 0.3 is 0 Å². The van der Waals surface area contributed by atoms with Crippen molar-refractivity contribution in [1.29, 1.82) is 0 Å². The molecule has 12 aromatic carbocycles. The van der Waals surface area contributed by atoms with E-state index in [2.05, 4.69) is 299 Å². The summed E-state index contributed by atoms with van der Waals surface area (Å²) in [5.74, 6) is 0. The Bertz CT molecular complexity index is 5860. The molecule has 2 aromatic heterocycles. The second kappa shape index (κ2) is 23.3. The number of hydrogen-bond donors (Lipinski definition) is 0. The second-order valence-electron chi connectivity index (χ2n) is 33.4. The van der Waals surface area contributed by atoms with Crippen LogP contribution in [-0.4, -0.2) is 0 Å². The third kappa shape index (κ3) is 9.31. The summed E-state index contributed by atoms with van der Waals surface area (Å²) in [5, 5.41) is 4.75. The van der Waals surface area contributed by atoms with E-state index in [0.29, 0.717) is 0 Å². The second-order valence-corrected chi connectivity index (χ2v) is 33.4. The van der Waals surface area contributed by atoms with Gasteiger partial charge < -0.3 is 13.7 Å². The number of nitrogens with zero attached hydrogens (tertiary/aromatic N) is 1. The first kappa shape index (κ1) is 63.9. The van der Waals surface area contributed by atoms with Crippen LogP contribution in [0.5, 0.6) is 0 Å². The first-order valence-electron chi connectivity index (χ1n) is 38.7. The van der Waals surface area contributed by atoms with Gasteiger partial charge in [0.2, 0.25) is 0 Å². The molecule has 3 heteroatoms. The molecule has 0 atom stereocenters. The fraction of sp³-hybridized carbons (Fsp3) is 0.280. The molecule has 0 N–H and O–H groups in total. The van der Waals surface area contributed by atoms with Crippen molar-refractivity contribution in [3.8, 4) is 77.9 Å². The molecule has 0 amide bonds. The SMILES string of the molecule is CCCCCCCC1(CCCCCCC)c2ccccc2-c2ccc(-c3ccc4c(c3)C(C)(C)c3cc(-c5cc6c(c7c5oc5ccccc57)-c5ccc(N(c7ccc(C)cc7)c7ccc8c(c7)C(C)(C)c7cc9c(cc7-8)C(C)(C)c7ccc8oc%10ccccc%10c8c7-9)cc5C6(C)C)ccc3-4)cc21. The highest BCUT2D eigenvalue weighted by atomic mass is 16.3. The quantitative estimate of drug-likeness (QED) is 0.0851. The van der Waals surface area contributed by atoms with Crippen LogP contribution in [0.1, 0.15) is 207 Å². The number of unbranched alkanes of at least 4 members (excludes halogenated alkanes) is 8. The van der Waals surface area contributed by atoms with Crippen molar-refractivity contribution < 1.29 is 8.83 Å². The van der Waals surface area contributed by atoms with Crippen LogP contribution in [0.15, 0.2) is 227 Å². The molecule has 0 bridgehead atoms. The highest BCUT2D eigenvalue weighted by molar-refractivity contribution is 6.19. The average Bonchev–Trinajstić information content (AvgIpc) is 1.54. The van der Waals surface area contributed by atoms with Gasteiger partial charge in [-0.25, -0.2) is 0 Å². The predicted molar refractivity (Wildman–Crippen MR) is 435 cm³/mol. The molecular formula is C100H93NO2. The van der Waals surface area contributed by atoms with Gasteiger partial charge in [-0.15, -0.1) is 0 Å². The smallest absolute Gasteiger partial charge is 0.143 e. The van der Waals surface area contributed by atoms with Crippen molar-refractivity contribution in [3.63, 3.8) is 0 Å². The molecule has 5 aliphatic carbocycles. The first-order chi connectivity index (χ1) is 49.9. The zero-order chi connectivity index (χ0) is 70.2. The fourth-order valence-corrected chi connectivity index (χ4v) is 20.4. The largest absolute Gasteiger partial charge is 0.456 e. The Morgan fingerprint density at radius 1 is 0.291 bits per heavy atom. The van der Waals surface area contributed by atoms with Gasteiger partial charge in [0, 0.05) is 71.2 Å². The Labute approximate surface area is 608 Å². The molecule has 510 valence electrons. The van der Waals surface area contributed by atoms with Gasteiger partial charge in [-0.1, -0.05) is 266 Å². The Morgan fingerprint density at radius 3 is 1.41 bits per heavy atom. The molecule has 0 aliphatic heterocycles. The van der Waals surface area contributed by atoms with E-state index in [1.54, 1.807) is 11.1 Å². The minimum atomic E-state index is -0.366. The van der Waals surface area contributed by atoms with Gasteiger partial charge in [0.1, 0.15) is 22.3 Å². The van der Waals surface area contributed by atoms with Crippen LogP contribution in [-0.2, 0) is 27.1 Å². The molecule has 0 saturated carbocycles. The van der Waals surface area contributed by atoms with Gasteiger partial charge in [-0.2, -0.15) is 0 Å². The Balaban J connectivity index is 0.680. The minimum Gasteiger partial charge on any atom is -0.456 e. The van der Waals surface area contributed by atoms with E-state index in [1.807, 2.05) is 0 Å². The normalized spacial score (nSPS) is 15.8. The zero-order valence-corrected chi connectivity index (χ0v) is 62.0. The summed E-state index contributed by atoms with van der Waals surface area (Å²) in [4.78, 5) is 2.50. The first-order valence-corrected chi connectivity index (χ1v) is 38.7. The number of anilines is 3. The maximum absolute atomic E-state index is 7.21. The summed E-state index contributed by atoms with van der Waals surface area (Å²) < 4.78 is 13.7. The Hall–Kier alpha value is -9.96. The number of furan rings is 2. The highest BCUT2D eigenvalue weighted by Crippen LogP contribution is 2.62. The molecule has 0 radical (unpaired) electrons. The highest BCUT2D eigenvalue weighted by Gasteiger charge is 2.46. The summed E-state index contributed by atoms with van der Waals surface area (Å²) in [5.41, 5.74) is 39.7. The van der Waals surface area contributed by atoms with E-state index in [1.165, 1.54) is 216 Å². The molecule has 0 saturated heterocycles. The van der Waals surface area contributed by atoms with Crippen molar-refractivity contribution in [2.45, 2.75) is 180 Å². The number of benzene rings is 12. The molecule has 0 spiro atoms. The summed E-state index contributed by atoms with van der Waals surface area (Å²) in [7, 11) is 0. The minimum absolute atomic E-state index is 0.0349. The number of fused-ring (bicyclic) bond motifs is 23. The van der Waals surface area contributed by atoms with Crippen LogP contribution in [0, 0.1) is 6.92 Å². The van der Waals surface area contributed by atoms with Gasteiger partial charge in [0.25, 0.3) is 0 Å². The third-order valence-corrected chi connectivity index (χ3v) is 26.0. The maximum atomic E-state index is 7.21. The standard InChI is InChI=1S/C100H93NO2/c1-12-14-16-18-26-50-100(51-27-19-17-15-13-2)78-31-23-20-28-67(78)70-44-37-62(53-86(70)100)61-36-43-68-69-45-38-63(54-81(69)97(6,7)80(68)52-61)75-57-87-91(94-74-30-22-25-33-89(74)103-95(75)94)72-47-42-66(56-83(72)99(87,10)11)101(64-39-34-60(3)35-40-64)65-41-46-71-76-58-85-77(59-84(76)98(8,9)82(71)55-65)92-79(96(85,4)5)48-49-90-93(92)73-29-21-24-32-88(73)102-90/h20-25,28-49,52-59H,12-19,26-27,50-51H2,1-11H3. The maximum Gasteiger partial charge on any atom is 0.143 e. The Morgan fingerprint density at radius 2 is 0.738 bits per heavy atom. The predicted octanol–water partition coefficient (Wildman–Crippen LogP) is 28.8. The molecule has 0 unspecified atom stereocenters. The summed E-state index contributed by atoms with van der Waals surface area (Å²) in [6.45, 7) is 26.3. The fourth-order valence-electron chi connectivity index (χ4n) is 20.4. The summed E-state index contributed by atoms with van der Waals surface area (Å²) in [6.07, 6.45) is 15.4. The number of rotatable bonds is 17. The summed E-state index contributed by atoms with van der Waals surface area (Å²) in [6, 6.07) is 84.7. The van der Waals surface area contributed by atoms with Crippen LogP contribution < -0.4 is 4.90 Å². The van der Waals surface area contributed by atoms with E-state index < -0.39 is 0 Å². The lowest BCUT2D eigenvalue weighted by molar-refractivity contribution is 0.399. The lowest BCUT2D eigenvalue weighted by Gasteiger charge is -2.33. The number of aryl methyl sites for hydroxylation is 1. The van der Waals surface area contributed by atoms with Crippen molar-refractivity contribution in [2.24, 2.45) is 0 Å². The topological polar surface area (TPSA) is 29.5 Å². The van der Waals surface area contributed by atoms with Crippen molar-refractivity contribution >= 4 is 60.9 Å². The van der Waals surface area contributed by atoms with Crippen molar-refractivity contribution in [2.75, 3.05) is 4.90 Å². The average molecular weight is 1340 g/mol. The molecule has 19 rings (SSSR count). The molecular weight excluding hydrogens is 1250 g/mol. The van der Waals surface area contributed by atoms with E-state index in [-0.39, 0.29) is 27.1 Å². The van der Waals surface area contributed by atoms with Crippen molar-refractivity contribution in [1.82, 2.24) is 0 Å². The Kier molecular flexibility index (Phi) is 14.4. The molecule has 3 nitrogen and oxygen atoms in total. The van der Waals surface area contributed by atoms with E-state index >= 15 is 0 Å². The van der Waals surface area contributed by atoms with Crippen LogP contribution in [0.4, 0.5) is 17.1 Å². The lowest BCUT2D eigenvalue weighted by Crippen LogP contribution is -2.25. The molecule has 5 aliphatic rings. The third-order valence-electron chi connectivity index (χ3n) is 26.0. The summed E-state index contributed by atoms with van der Waals surface area (Å²) >= 11 is 0. The van der Waals surface area contributed by atoms with Gasteiger partial charge in [0.15, 0.2) is 0 Å². The zero-order valence-electron chi connectivity index (χ0n) is 62.0.